The Morgan fingerprint density at radius 1 is 1.21 bits per heavy atom. The van der Waals surface area contributed by atoms with Gasteiger partial charge in [-0.25, -0.2) is 4.79 Å². The van der Waals surface area contributed by atoms with Crippen LogP contribution in [-0.2, 0) is 4.74 Å². The van der Waals surface area contributed by atoms with Crippen molar-refractivity contribution in [3.8, 4) is 0 Å². The lowest BCUT2D eigenvalue weighted by Gasteiger charge is -2.34. The molecule has 3 heteroatoms. The van der Waals surface area contributed by atoms with Gasteiger partial charge in [0, 0.05) is 12.1 Å². The number of hydrogen-bond donors (Lipinski definition) is 0. The molecule has 2 atom stereocenters. The van der Waals surface area contributed by atoms with E-state index in [0.717, 1.165) is 0 Å². The molecule has 2 saturated heterocycles. The van der Waals surface area contributed by atoms with E-state index in [4.69, 9.17) is 4.74 Å². The number of amides is 1. The van der Waals surface area contributed by atoms with Gasteiger partial charge in [-0.2, -0.15) is 0 Å². The summed E-state index contributed by atoms with van der Waals surface area (Å²) in [4.78, 5) is 13.8. The van der Waals surface area contributed by atoms with Crippen molar-refractivity contribution < 1.29 is 9.53 Å². The smallest absolute Gasteiger partial charge is 0.410 e. The zero-order valence-electron chi connectivity index (χ0n) is 9.03. The Balaban J connectivity index is 2.00. The van der Waals surface area contributed by atoms with Gasteiger partial charge >= 0.3 is 6.09 Å². The first-order chi connectivity index (χ1) is 6.68. The fourth-order valence-corrected chi connectivity index (χ4v) is 2.68. The molecule has 3 nitrogen and oxygen atoms in total. The Labute approximate surface area is 85.4 Å². The topological polar surface area (TPSA) is 29.5 Å². The normalized spacial score (nSPS) is 30.9. The van der Waals surface area contributed by atoms with E-state index in [2.05, 4.69) is 0 Å². The zero-order chi connectivity index (χ0) is 10.1. The van der Waals surface area contributed by atoms with Crippen LogP contribution in [0.5, 0.6) is 0 Å². The third-order valence-electron chi connectivity index (χ3n) is 3.24. The van der Waals surface area contributed by atoms with Crippen molar-refractivity contribution in [3.63, 3.8) is 0 Å². The first kappa shape index (κ1) is 9.81. The van der Waals surface area contributed by atoms with E-state index >= 15 is 0 Å². The Morgan fingerprint density at radius 2 is 1.79 bits per heavy atom. The standard InChI is InChI=1S/C11H19NO2/c1-8(2)14-11(13)12-9-4-3-5-10(12)7-6-9/h8-10H,3-7H2,1-2H3. The summed E-state index contributed by atoms with van der Waals surface area (Å²) >= 11 is 0. The molecule has 2 heterocycles. The third-order valence-corrected chi connectivity index (χ3v) is 3.24. The molecule has 0 saturated carbocycles. The lowest BCUT2D eigenvalue weighted by molar-refractivity contribution is 0.0501. The van der Waals surface area contributed by atoms with Crippen LogP contribution in [0.4, 0.5) is 4.79 Å². The fourth-order valence-electron chi connectivity index (χ4n) is 2.68. The van der Waals surface area contributed by atoms with Crippen molar-refractivity contribution in [2.45, 2.75) is 64.1 Å². The van der Waals surface area contributed by atoms with E-state index in [1.54, 1.807) is 0 Å². The van der Waals surface area contributed by atoms with Crippen LogP contribution < -0.4 is 0 Å². The predicted molar refractivity (Wildman–Crippen MR) is 54.1 cm³/mol. The molecule has 2 aliphatic rings. The number of carbonyl (C=O) groups is 1. The predicted octanol–water partition coefficient (Wildman–Crippen LogP) is 2.55. The van der Waals surface area contributed by atoms with Gasteiger partial charge in [-0.1, -0.05) is 0 Å². The average Bonchev–Trinajstić information content (AvgIpc) is 2.36. The summed E-state index contributed by atoms with van der Waals surface area (Å²) in [7, 11) is 0. The second-order valence-corrected chi connectivity index (χ2v) is 4.66. The molecule has 2 aliphatic heterocycles. The minimum absolute atomic E-state index is 0.00354. The molecule has 2 bridgehead atoms. The summed E-state index contributed by atoms with van der Waals surface area (Å²) in [5.41, 5.74) is 0. The molecule has 0 spiro atoms. The Morgan fingerprint density at radius 3 is 2.29 bits per heavy atom. The highest BCUT2D eigenvalue weighted by Gasteiger charge is 2.40. The minimum atomic E-state index is -0.0906. The van der Waals surface area contributed by atoms with E-state index in [0.29, 0.717) is 12.1 Å². The number of fused-ring (bicyclic) bond motifs is 2. The van der Waals surface area contributed by atoms with E-state index in [9.17, 15) is 4.79 Å². The van der Waals surface area contributed by atoms with Gasteiger partial charge < -0.3 is 9.64 Å². The highest BCUT2D eigenvalue weighted by Crippen LogP contribution is 2.35. The number of ether oxygens (including phenoxy) is 1. The second kappa shape index (κ2) is 3.79. The van der Waals surface area contributed by atoms with Gasteiger partial charge in [0.05, 0.1) is 6.10 Å². The summed E-state index contributed by atoms with van der Waals surface area (Å²) in [6.07, 6.45) is 5.89. The first-order valence-electron chi connectivity index (χ1n) is 5.67. The SMILES string of the molecule is CC(C)OC(=O)N1C2CCCC1CC2. The van der Waals surface area contributed by atoms with Crippen LogP contribution >= 0.6 is 0 Å². The van der Waals surface area contributed by atoms with Gasteiger partial charge in [-0.3, -0.25) is 0 Å². The maximum atomic E-state index is 11.8. The fraction of sp³-hybridized carbons (Fsp3) is 0.909. The summed E-state index contributed by atoms with van der Waals surface area (Å²) in [6, 6.07) is 0.944. The molecule has 2 unspecified atom stereocenters. The molecule has 2 fully saturated rings. The maximum Gasteiger partial charge on any atom is 0.410 e. The van der Waals surface area contributed by atoms with Gasteiger partial charge in [0.1, 0.15) is 0 Å². The maximum absolute atomic E-state index is 11.8. The molecule has 2 rings (SSSR count). The Hall–Kier alpha value is -0.730. The quantitative estimate of drug-likeness (QED) is 0.646. The van der Waals surface area contributed by atoms with Crippen LogP contribution in [-0.4, -0.2) is 29.2 Å². The number of rotatable bonds is 1. The van der Waals surface area contributed by atoms with E-state index < -0.39 is 0 Å². The summed E-state index contributed by atoms with van der Waals surface area (Å²) in [5, 5.41) is 0. The van der Waals surface area contributed by atoms with Gasteiger partial charge in [0.15, 0.2) is 0 Å². The number of hydrogen-bond acceptors (Lipinski definition) is 2. The molecular weight excluding hydrogens is 178 g/mol. The number of piperidine rings is 1. The second-order valence-electron chi connectivity index (χ2n) is 4.66. The molecule has 0 aromatic rings. The summed E-state index contributed by atoms with van der Waals surface area (Å²) < 4.78 is 5.26. The first-order valence-corrected chi connectivity index (χ1v) is 5.67. The van der Waals surface area contributed by atoms with Crippen molar-refractivity contribution in [1.82, 2.24) is 4.90 Å². The van der Waals surface area contributed by atoms with Crippen molar-refractivity contribution in [1.29, 1.82) is 0 Å². The van der Waals surface area contributed by atoms with Crippen LogP contribution in [0.3, 0.4) is 0 Å². The van der Waals surface area contributed by atoms with Gasteiger partial charge in [-0.15, -0.1) is 0 Å². The van der Waals surface area contributed by atoms with Crippen LogP contribution in [0.1, 0.15) is 46.0 Å². The highest BCUT2D eigenvalue weighted by molar-refractivity contribution is 5.69. The van der Waals surface area contributed by atoms with Crippen LogP contribution in [0, 0.1) is 0 Å². The molecular formula is C11H19NO2. The summed E-state index contributed by atoms with van der Waals surface area (Å²) in [6.45, 7) is 3.81. The molecule has 0 radical (unpaired) electrons. The molecule has 0 aromatic heterocycles. The summed E-state index contributed by atoms with van der Waals surface area (Å²) in [5.74, 6) is 0. The third kappa shape index (κ3) is 1.72. The average molecular weight is 197 g/mol. The Kier molecular flexibility index (Phi) is 2.66. The lowest BCUT2D eigenvalue weighted by atomic mass is 10.0. The lowest BCUT2D eigenvalue weighted by Crippen LogP contribution is -2.44. The Bertz CT molecular complexity index is 211. The van der Waals surface area contributed by atoms with Crippen molar-refractivity contribution >= 4 is 6.09 Å². The molecule has 0 aromatic carbocycles. The zero-order valence-corrected chi connectivity index (χ0v) is 9.03. The highest BCUT2D eigenvalue weighted by atomic mass is 16.6. The minimum Gasteiger partial charge on any atom is -0.447 e. The van der Waals surface area contributed by atoms with E-state index in [1.807, 2.05) is 18.7 Å². The van der Waals surface area contributed by atoms with Crippen molar-refractivity contribution in [2.75, 3.05) is 0 Å². The van der Waals surface area contributed by atoms with Crippen LogP contribution in [0.25, 0.3) is 0 Å². The molecule has 0 N–H and O–H groups in total. The van der Waals surface area contributed by atoms with Crippen molar-refractivity contribution in [2.24, 2.45) is 0 Å². The molecule has 80 valence electrons. The van der Waals surface area contributed by atoms with Gasteiger partial charge in [0.2, 0.25) is 0 Å². The molecule has 0 aliphatic carbocycles. The van der Waals surface area contributed by atoms with Gasteiger partial charge in [0.25, 0.3) is 0 Å². The van der Waals surface area contributed by atoms with Crippen LogP contribution in [0.15, 0.2) is 0 Å². The largest absolute Gasteiger partial charge is 0.447 e. The monoisotopic (exact) mass is 197 g/mol. The van der Waals surface area contributed by atoms with Crippen molar-refractivity contribution in [3.05, 3.63) is 0 Å². The van der Waals surface area contributed by atoms with Crippen LogP contribution in [0.2, 0.25) is 0 Å². The van der Waals surface area contributed by atoms with Gasteiger partial charge in [-0.05, 0) is 46.0 Å². The van der Waals surface area contributed by atoms with E-state index in [-0.39, 0.29) is 12.2 Å². The number of nitrogens with zero attached hydrogens (tertiary/aromatic N) is 1. The number of carbonyl (C=O) groups excluding carboxylic acids is 1. The molecule has 14 heavy (non-hydrogen) atoms. The molecule has 1 amide bonds. The van der Waals surface area contributed by atoms with E-state index in [1.165, 1.54) is 32.1 Å².